The molecule has 0 aliphatic heterocycles. The van der Waals surface area contributed by atoms with Gasteiger partial charge in [-0.15, -0.1) is 0 Å². The topological polar surface area (TPSA) is 55.8 Å². The molecule has 0 aromatic rings. The molecule has 0 fully saturated rings. The van der Waals surface area contributed by atoms with E-state index in [0.717, 1.165) is 0 Å². The predicted molar refractivity (Wildman–Crippen MR) is 48.3 cm³/mol. The Morgan fingerprint density at radius 2 is 1.92 bits per heavy atom. The highest BCUT2D eigenvalue weighted by Gasteiger charge is 2.25. The third-order valence-corrected chi connectivity index (χ3v) is 1.27. The molecule has 0 saturated carbocycles. The SMILES string of the molecule is CC(C)OCCOC(=O)C(C)(C)O. The van der Waals surface area contributed by atoms with Crippen LogP contribution in [-0.2, 0) is 14.3 Å². The molecule has 0 bridgehead atoms. The minimum absolute atomic E-state index is 0.126. The lowest BCUT2D eigenvalue weighted by Gasteiger charge is -2.15. The van der Waals surface area contributed by atoms with E-state index in [4.69, 9.17) is 9.47 Å². The number of rotatable bonds is 5. The van der Waals surface area contributed by atoms with Gasteiger partial charge in [-0.05, 0) is 27.7 Å². The molecule has 4 heteroatoms. The van der Waals surface area contributed by atoms with Crippen molar-refractivity contribution in [3.63, 3.8) is 0 Å². The maximum atomic E-state index is 11.0. The van der Waals surface area contributed by atoms with Crippen molar-refractivity contribution in [3.8, 4) is 0 Å². The van der Waals surface area contributed by atoms with Crippen molar-refractivity contribution in [2.45, 2.75) is 39.4 Å². The number of carbonyl (C=O) groups is 1. The van der Waals surface area contributed by atoms with E-state index < -0.39 is 11.6 Å². The van der Waals surface area contributed by atoms with Crippen molar-refractivity contribution in [3.05, 3.63) is 0 Å². The van der Waals surface area contributed by atoms with Gasteiger partial charge in [0.2, 0.25) is 0 Å². The predicted octanol–water partition coefficient (Wildman–Crippen LogP) is 0.726. The molecular weight excluding hydrogens is 172 g/mol. The number of aliphatic hydroxyl groups is 1. The fraction of sp³-hybridized carbons (Fsp3) is 0.889. The highest BCUT2D eigenvalue weighted by molar-refractivity contribution is 5.78. The van der Waals surface area contributed by atoms with Crippen LogP contribution in [-0.4, -0.2) is 36.0 Å². The summed E-state index contributed by atoms with van der Waals surface area (Å²) in [6, 6.07) is 0. The first-order valence-electron chi connectivity index (χ1n) is 4.35. The monoisotopic (exact) mass is 190 g/mol. The Balaban J connectivity index is 3.49. The number of hydrogen-bond donors (Lipinski definition) is 1. The minimum Gasteiger partial charge on any atom is -0.461 e. The summed E-state index contributed by atoms with van der Waals surface area (Å²) < 4.78 is 9.89. The zero-order valence-electron chi connectivity index (χ0n) is 8.66. The molecule has 4 nitrogen and oxygen atoms in total. The molecule has 0 amide bonds. The van der Waals surface area contributed by atoms with Gasteiger partial charge in [0.15, 0.2) is 5.60 Å². The van der Waals surface area contributed by atoms with Crippen LogP contribution >= 0.6 is 0 Å². The second kappa shape index (κ2) is 5.19. The van der Waals surface area contributed by atoms with E-state index in [1.54, 1.807) is 0 Å². The summed E-state index contributed by atoms with van der Waals surface area (Å²) in [7, 11) is 0. The van der Waals surface area contributed by atoms with Gasteiger partial charge in [-0.25, -0.2) is 4.79 Å². The van der Waals surface area contributed by atoms with Gasteiger partial charge >= 0.3 is 5.97 Å². The summed E-state index contributed by atoms with van der Waals surface area (Å²) in [5.41, 5.74) is -1.42. The molecule has 78 valence electrons. The maximum absolute atomic E-state index is 11.0. The highest BCUT2D eigenvalue weighted by Crippen LogP contribution is 2.03. The third-order valence-electron chi connectivity index (χ3n) is 1.27. The van der Waals surface area contributed by atoms with Crippen LogP contribution < -0.4 is 0 Å². The Bertz CT molecular complexity index is 157. The summed E-state index contributed by atoms with van der Waals surface area (Å²) in [5.74, 6) is -0.625. The number of esters is 1. The first-order chi connectivity index (χ1) is 5.84. The van der Waals surface area contributed by atoms with Gasteiger partial charge in [-0.1, -0.05) is 0 Å². The van der Waals surface area contributed by atoms with Crippen LogP contribution in [0.15, 0.2) is 0 Å². The maximum Gasteiger partial charge on any atom is 0.337 e. The van der Waals surface area contributed by atoms with Crippen LogP contribution in [0.5, 0.6) is 0 Å². The molecule has 0 aromatic carbocycles. The van der Waals surface area contributed by atoms with E-state index in [0.29, 0.717) is 6.61 Å². The van der Waals surface area contributed by atoms with Gasteiger partial charge in [0.25, 0.3) is 0 Å². The first kappa shape index (κ1) is 12.4. The van der Waals surface area contributed by atoms with E-state index in [1.165, 1.54) is 13.8 Å². The van der Waals surface area contributed by atoms with Gasteiger partial charge in [0.1, 0.15) is 6.61 Å². The second-order valence-corrected chi connectivity index (χ2v) is 3.61. The molecule has 0 rings (SSSR count). The Hall–Kier alpha value is -0.610. The summed E-state index contributed by atoms with van der Waals surface area (Å²) >= 11 is 0. The van der Waals surface area contributed by atoms with E-state index in [9.17, 15) is 9.90 Å². The molecule has 0 radical (unpaired) electrons. The normalized spacial score (nSPS) is 11.8. The van der Waals surface area contributed by atoms with Crippen LogP contribution in [0.4, 0.5) is 0 Å². The first-order valence-corrected chi connectivity index (χ1v) is 4.35. The van der Waals surface area contributed by atoms with Crippen LogP contribution in [0.2, 0.25) is 0 Å². The Labute approximate surface area is 78.8 Å². The molecule has 0 spiro atoms. The molecule has 13 heavy (non-hydrogen) atoms. The highest BCUT2D eigenvalue weighted by atomic mass is 16.6. The summed E-state index contributed by atoms with van der Waals surface area (Å²) in [6.45, 7) is 7.12. The van der Waals surface area contributed by atoms with Gasteiger partial charge in [0, 0.05) is 0 Å². The fourth-order valence-corrected chi connectivity index (χ4v) is 0.595. The van der Waals surface area contributed by atoms with Crippen LogP contribution in [0.1, 0.15) is 27.7 Å². The lowest BCUT2D eigenvalue weighted by molar-refractivity contribution is -0.163. The third kappa shape index (κ3) is 6.54. The Kier molecular flexibility index (Phi) is 4.95. The molecule has 0 aromatic heterocycles. The smallest absolute Gasteiger partial charge is 0.337 e. The number of carbonyl (C=O) groups excluding carboxylic acids is 1. The summed E-state index contributed by atoms with van der Waals surface area (Å²) in [5, 5.41) is 9.18. The van der Waals surface area contributed by atoms with Crippen molar-refractivity contribution in [1.29, 1.82) is 0 Å². The molecule has 0 saturated heterocycles. The summed E-state index contributed by atoms with van der Waals surface area (Å²) in [4.78, 5) is 11.0. The van der Waals surface area contributed by atoms with Crippen LogP contribution in [0, 0.1) is 0 Å². The van der Waals surface area contributed by atoms with Crippen molar-refractivity contribution < 1.29 is 19.4 Å². The van der Waals surface area contributed by atoms with Gasteiger partial charge in [-0.2, -0.15) is 0 Å². The second-order valence-electron chi connectivity index (χ2n) is 3.61. The zero-order chi connectivity index (χ0) is 10.5. The van der Waals surface area contributed by atoms with Gasteiger partial charge in [0.05, 0.1) is 12.7 Å². The number of hydrogen-bond acceptors (Lipinski definition) is 4. The average Bonchev–Trinajstić information content (AvgIpc) is 1.95. The fourth-order valence-electron chi connectivity index (χ4n) is 0.595. The molecule has 0 unspecified atom stereocenters. The van der Waals surface area contributed by atoms with E-state index in [2.05, 4.69) is 0 Å². The minimum atomic E-state index is -1.42. The average molecular weight is 190 g/mol. The summed E-state index contributed by atoms with van der Waals surface area (Å²) in [6.07, 6.45) is 0.126. The lowest BCUT2D eigenvalue weighted by atomic mass is 10.1. The standard InChI is InChI=1S/C9H18O4/c1-7(2)12-5-6-13-8(10)9(3,4)11/h7,11H,5-6H2,1-4H3. The largest absolute Gasteiger partial charge is 0.461 e. The van der Waals surface area contributed by atoms with Crippen molar-refractivity contribution in [1.82, 2.24) is 0 Å². The number of ether oxygens (including phenoxy) is 2. The molecule has 0 aliphatic carbocycles. The van der Waals surface area contributed by atoms with E-state index in [1.807, 2.05) is 13.8 Å². The Morgan fingerprint density at radius 1 is 1.38 bits per heavy atom. The molecular formula is C9H18O4. The van der Waals surface area contributed by atoms with Gasteiger partial charge in [-0.3, -0.25) is 0 Å². The lowest BCUT2D eigenvalue weighted by Crippen LogP contribution is -2.33. The molecule has 0 atom stereocenters. The van der Waals surface area contributed by atoms with E-state index in [-0.39, 0.29) is 12.7 Å². The van der Waals surface area contributed by atoms with Crippen LogP contribution in [0.25, 0.3) is 0 Å². The molecule has 0 heterocycles. The van der Waals surface area contributed by atoms with E-state index >= 15 is 0 Å². The van der Waals surface area contributed by atoms with Crippen LogP contribution in [0.3, 0.4) is 0 Å². The Morgan fingerprint density at radius 3 is 2.31 bits per heavy atom. The van der Waals surface area contributed by atoms with Crippen molar-refractivity contribution >= 4 is 5.97 Å². The quantitative estimate of drug-likeness (QED) is 0.513. The van der Waals surface area contributed by atoms with Gasteiger partial charge < -0.3 is 14.6 Å². The van der Waals surface area contributed by atoms with Crippen molar-refractivity contribution in [2.75, 3.05) is 13.2 Å². The zero-order valence-corrected chi connectivity index (χ0v) is 8.66. The molecule has 1 N–H and O–H groups in total. The van der Waals surface area contributed by atoms with Crippen molar-refractivity contribution in [2.24, 2.45) is 0 Å². The molecule has 0 aliphatic rings.